The Hall–Kier alpha value is -4.37. The number of carbonyl (C=O) groups excluding carboxylic acids is 1. The molecule has 0 aliphatic heterocycles. The normalized spacial score (nSPS) is 11.1. The van der Waals surface area contributed by atoms with Crippen molar-refractivity contribution in [2.24, 2.45) is 5.10 Å². The summed E-state index contributed by atoms with van der Waals surface area (Å²) >= 11 is 0. The second kappa shape index (κ2) is 9.24. The number of aromatic nitrogens is 1. The van der Waals surface area contributed by atoms with Crippen molar-refractivity contribution in [2.45, 2.75) is 34.2 Å². The van der Waals surface area contributed by atoms with Gasteiger partial charge in [-0.3, -0.25) is 4.79 Å². The van der Waals surface area contributed by atoms with Gasteiger partial charge in [0, 0.05) is 34.8 Å². The van der Waals surface area contributed by atoms with Crippen molar-refractivity contribution in [3.63, 3.8) is 0 Å². The number of aryl methyl sites for hydroxylation is 2. The number of fused-ring (bicyclic) bond motifs is 1. The Kier molecular flexibility index (Phi) is 6.20. The third-order valence-corrected chi connectivity index (χ3v) is 6.45. The summed E-state index contributed by atoms with van der Waals surface area (Å²) in [5, 5.41) is 23.8. The third kappa shape index (κ3) is 4.28. The van der Waals surface area contributed by atoms with Crippen LogP contribution in [-0.4, -0.2) is 21.8 Å². The Morgan fingerprint density at radius 2 is 1.82 bits per heavy atom. The number of phenols is 1. The maximum absolute atomic E-state index is 12.4. The molecule has 0 unspecified atom stereocenters. The first-order valence-corrected chi connectivity index (χ1v) is 11.0. The number of nitrogens with one attached hydrogen (secondary N) is 1. The number of hydrogen-bond donors (Lipinski definition) is 2. The molecule has 4 rings (SSSR count). The molecule has 0 aliphatic rings. The fraction of sp³-hybridized carbons (Fsp3) is 0.179. The Labute approximate surface area is 198 Å². The highest BCUT2D eigenvalue weighted by atomic mass is 16.3. The fourth-order valence-corrected chi connectivity index (χ4v) is 4.20. The van der Waals surface area contributed by atoms with E-state index in [9.17, 15) is 9.90 Å². The molecule has 0 radical (unpaired) electrons. The molecule has 6 nitrogen and oxygen atoms in total. The summed E-state index contributed by atoms with van der Waals surface area (Å²) in [5.74, 6) is -0.622. The van der Waals surface area contributed by atoms with Gasteiger partial charge in [-0.1, -0.05) is 18.2 Å². The van der Waals surface area contributed by atoms with E-state index in [4.69, 9.17) is 5.26 Å². The van der Waals surface area contributed by atoms with Crippen LogP contribution in [0.15, 0.2) is 59.8 Å². The standard InChI is InChI=1S/C28H26N4O2/c1-17-12-18(2)20(4)25(19(17)3)16-32-11-10-24-22(6-5-7-26(24)32)15-30-31-28(34)21-8-9-27(33)23(13-21)14-29/h5-13,15,33H,16H2,1-4H3,(H,31,34)/b30-15-. The second-order valence-corrected chi connectivity index (χ2v) is 8.51. The van der Waals surface area contributed by atoms with Crippen LogP contribution >= 0.6 is 0 Å². The number of nitriles is 1. The zero-order chi connectivity index (χ0) is 24.4. The van der Waals surface area contributed by atoms with Gasteiger partial charge in [0.25, 0.3) is 5.91 Å². The van der Waals surface area contributed by atoms with Crippen molar-refractivity contribution in [3.05, 3.63) is 99.2 Å². The number of hydrogen-bond acceptors (Lipinski definition) is 4. The van der Waals surface area contributed by atoms with E-state index in [1.807, 2.05) is 18.2 Å². The van der Waals surface area contributed by atoms with Crippen molar-refractivity contribution in [3.8, 4) is 11.8 Å². The minimum Gasteiger partial charge on any atom is -0.507 e. The van der Waals surface area contributed by atoms with Crippen LogP contribution < -0.4 is 5.43 Å². The zero-order valence-corrected chi connectivity index (χ0v) is 19.7. The predicted molar refractivity (Wildman–Crippen MR) is 134 cm³/mol. The Bertz CT molecular complexity index is 1460. The quantitative estimate of drug-likeness (QED) is 0.321. The largest absolute Gasteiger partial charge is 0.507 e. The van der Waals surface area contributed by atoms with Gasteiger partial charge < -0.3 is 9.67 Å². The molecule has 0 saturated heterocycles. The van der Waals surface area contributed by atoms with Crippen LogP contribution in [0.4, 0.5) is 0 Å². The molecule has 0 spiro atoms. The first kappa shape index (κ1) is 22.8. The SMILES string of the molecule is Cc1cc(C)c(C)c(Cn2ccc3c(/C=N\NC(=O)c4ccc(O)c(C#N)c4)cccc32)c1C. The molecule has 1 amide bonds. The van der Waals surface area contributed by atoms with Crippen LogP contribution in [0.1, 0.15) is 49.3 Å². The molecular weight excluding hydrogens is 424 g/mol. The number of aromatic hydroxyl groups is 1. The van der Waals surface area contributed by atoms with Crippen LogP contribution in [-0.2, 0) is 6.54 Å². The molecular formula is C28H26N4O2. The van der Waals surface area contributed by atoms with E-state index in [1.54, 1.807) is 6.21 Å². The number of rotatable bonds is 5. The summed E-state index contributed by atoms with van der Waals surface area (Å²) in [6.07, 6.45) is 3.69. The van der Waals surface area contributed by atoms with E-state index in [2.05, 4.69) is 67.2 Å². The van der Waals surface area contributed by atoms with Gasteiger partial charge in [-0.15, -0.1) is 0 Å². The Balaban J connectivity index is 1.58. The predicted octanol–water partition coefficient (Wildman–Crippen LogP) is 5.26. The lowest BCUT2D eigenvalue weighted by Gasteiger charge is -2.16. The summed E-state index contributed by atoms with van der Waals surface area (Å²) in [4.78, 5) is 12.4. The topological polar surface area (TPSA) is 90.4 Å². The lowest BCUT2D eigenvalue weighted by atomic mass is 9.94. The summed E-state index contributed by atoms with van der Waals surface area (Å²) in [5.41, 5.74) is 11.3. The lowest BCUT2D eigenvalue weighted by Crippen LogP contribution is -2.17. The zero-order valence-electron chi connectivity index (χ0n) is 19.7. The third-order valence-electron chi connectivity index (χ3n) is 6.45. The number of nitrogens with zero attached hydrogens (tertiary/aromatic N) is 3. The van der Waals surface area contributed by atoms with E-state index in [0.717, 1.165) is 23.0 Å². The van der Waals surface area contributed by atoms with Crippen LogP contribution in [0.5, 0.6) is 5.75 Å². The van der Waals surface area contributed by atoms with E-state index < -0.39 is 5.91 Å². The van der Waals surface area contributed by atoms with Gasteiger partial charge in [-0.05, 0) is 85.8 Å². The molecule has 3 aromatic carbocycles. The molecule has 4 aromatic rings. The molecule has 34 heavy (non-hydrogen) atoms. The molecule has 170 valence electrons. The van der Waals surface area contributed by atoms with Gasteiger partial charge in [0.1, 0.15) is 11.8 Å². The first-order valence-electron chi connectivity index (χ1n) is 11.0. The minimum absolute atomic E-state index is 0.0389. The van der Waals surface area contributed by atoms with Crippen molar-refractivity contribution in [1.82, 2.24) is 9.99 Å². The lowest BCUT2D eigenvalue weighted by molar-refractivity contribution is 0.0955. The van der Waals surface area contributed by atoms with Crippen LogP contribution in [0.2, 0.25) is 0 Å². The molecule has 0 aliphatic carbocycles. The Morgan fingerprint density at radius 3 is 2.53 bits per heavy atom. The van der Waals surface area contributed by atoms with Crippen LogP contribution in [0, 0.1) is 39.0 Å². The molecule has 1 heterocycles. The molecule has 0 saturated carbocycles. The van der Waals surface area contributed by atoms with E-state index in [-0.39, 0.29) is 16.9 Å². The monoisotopic (exact) mass is 450 g/mol. The van der Waals surface area contributed by atoms with Gasteiger partial charge in [0.15, 0.2) is 0 Å². The summed E-state index contributed by atoms with van der Waals surface area (Å²) in [6.45, 7) is 9.44. The minimum atomic E-state index is -0.460. The van der Waals surface area contributed by atoms with Gasteiger partial charge in [0.05, 0.1) is 11.8 Å². The molecule has 2 N–H and O–H groups in total. The molecule has 0 atom stereocenters. The number of hydrazone groups is 1. The van der Waals surface area contributed by atoms with Crippen molar-refractivity contribution >= 4 is 23.0 Å². The molecule has 1 aromatic heterocycles. The number of benzene rings is 3. The second-order valence-electron chi connectivity index (χ2n) is 8.51. The molecule has 0 fully saturated rings. The molecule has 0 bridgehead atoms. The molecule has 6 heteroatoms. The van der Waals surface area contributed by atoms with Gasteiger partial charge in [-0.25, -0.2) is 5.43 Å². The van der Waals surface area contributed by atoms with E-state index in [0.29, 0.717) is 0 Å². The van der Waals surface area contributed by atoms with Crippen molar-refractivity contribution in [2.75, 3.05) is 0 Å². The summed E-state index contributed by atoms with van der Waals surface area (Å²) < 4.78 is 2.24. The van der Waals surface area contributed by atoms with Gasteiger partial charge in [0.2, 0.25) is 0 Å². The Morgan fingerprint density at radius 1 is 1.09 bits per heavy atom. The maximum atomic E-state index is 12.4. The van der Waals surface area contributed by atoms with Crippen LogP contribution in [0.25, 0.3) is 10.9 Å². The number of carbonyl (C=O) groups is 1. The van der Waals surface area contributed by atoms with Gasteiger partial charge >= 0.3 is 0 Å². The summed E-state index contributed by atoms with van der Waals surface area (Å²) in [6, 6.07) is 16.3. The van der Waals surface area contributed by atoms with Crippen molar-refractivity contribution in [1.29, 1.82) is 5.26 Å². The van der Waals surface area contributed by atoms with E-state index >= 15 is 0 Å². The highest BCUT2D eigenvalue weighted by Crippen LogP contribution is 2.26. The first-order chi connectivity index (χ1) is 16.3. The smallest absolute Gasteiger partial charge is 0.271 e. The van der Waals surface area contributed by atoms with Crippen molar-refractivity contribution < 1.29 is 9.90 Å². The average Bonchev–Trinajstić information content (AvgIpc) is 3.24. The highest BCUT2D eigenvalue weighted by molar-refractivity contribution is 6.00. The highest BCUT2D eigenvalue weighted by Gasteiger charge is 2.12. The summed E-state index contributed by atoms with van der Waals surface area (Å²) in [7, 11) is 0. The van der Waals surface area contributed by atoms with Crippen LogP contribution in [0.3, 0.4) is 0 Å². The maximum Gasteiger partial charge on any atom is 0.271 e. The number of amides is 1. The van der Waals surface area contributed by atoms with E-state index in [1.165, 1.54) is 46.0 Å². The van der Waals surface area contributed by atoms with Gasteiger partial charge in [-0.2, -0.15) is 10.4 Å². The fourth-order valence-electron chi connectivity index (χ4n) is 4.20. The number of phenolic OH excluding ortho intramolecular Hbond substituents is 1. The average molecular weight is 451 g/mol.